The number of hydrogen-bond acceptors (Lipinski definition) is 5. The van der Waals surface area contributed by atoms with Crippen molar-refractivity contribution in [2.45, 2.75) is 6.54 Å². The number of rotatable bonds is 4. The first-order valence-electron chi connectivity index (χ1n) is 6.93. The van der Waals surface area contributed by atoms with Crippen LogP contribution in [0.5, 0.6) is 0 Å². The fourth-order valence-electron chi connectivity index (χ4n) is 2.30. The minimum atomic E-state index is -0.0400. The first-order chi connectivity index (χ1) is 10.3. The highest BCUT2D eigenvalue weighted by Gasteiger charge is 2.16. The Morgan fingerprint density at radius 2 is 2.19 bits per heavy atom. The van der Waals surface area contributed by atoms with Gasteiger partial charge in [0.15, 0.2) is 0 Å². The second kappa shape index (κ2) is 6.69. The highest BCUT2D eigenvalue weighted by atomic mass is 32.1. The molecule has 0 unspecified atom stereocenters. The number of hydrogen-bond donors (Lipinski definition) is 1. The number of carbonyl (C=O) groups excluding carboxylic acids is 1. The van der Waals surface area contributed by atoms with Crippen molar-refractivity contribution in [1.82, 2.24) is 10.3 Å². The third-order valence-electron chi connectivity index (χ3n) is 3.36. The second-order valence-corrected chi connectivity index (χ2v) is 5.69. The van der Waals surface area contributed by atoms with Crippen molar-refractivity contribution in [2.24, 2.45) is 0 Å². The molecule has 1 aliphatic heterocycles. The van der Waals surface area contributed by atoms with Crippen molar-refractivity contribution >= 4 is 23.1 Å². The SMILES string of the molecule is O=C(NCc1cccnc1N1CCOCC1)c1cccs1. The summed E-state index contributed by atoms with van der Waals surface area (Å²) < 4.78 is 5.37. The third-order valence-corrected chi connectivity index (χ3v) is 4.23. The minimum Gasteiger partial charge on any atom is -0.378 e. The summed E-state index contributed by atoms with van der Waals surface area (Å²) in [5.41, 5.74) is 1.03. The zero-order valence-corrected chi connectivity index (χ0v) is 12.4. The Hall–Kier alpha value is -1.92. The van der Waals surface area contributed by atoms with Crippen LogP contribution >= 0.6 is 11.3 Å². The van der Waals surface area contributed by atoms with E-state index in [4.69, 9.17) is 4.74 Å². The number of pyridine rings is 1. The predicted octanol–water partition coefficient (Wildman–Crippen LogP) is 1.91. The summed E-state index contributed by atoms with van der Waals surface area (Å²) in [6, 6.07) is 7.61. The van der Waals surface area contributed by atoms with Gasteiger partial charge in [0.25, 0.3) is 5.91 Å². The van der Waals surface area contributed by atoms with Crippen molar-refractivity contribution in [3.63, 3.8) is 0 Å². The lowest BCUT2D eigenvalue weighted by Gasteiger charge is -2.29. The first-order valence-corrected chi connectivity index (χ1v) is 7.81. The molecule has 0 spiro atoms. The van der Waals surface area contributed by atoms with Crippen LogP contribution in [0.15, 0.2) is 35.8 Å². The number of amides is 1. The second-order valence-electron chi connectivity index (χ2n) is 4.75. The van der Waals surface area contributed by atoms with Gasteiger partial charge in [-0.3, -0.25) is 4.79 Å². The van der Waals surface area contributed by atoms with Crippen LogP contribution in [0, 0.1) is 0 Å². The first kappa shape index (κ1) is 14.0. The number of anilines is 1. The van der Waals surface area contributed by atoms with E-state index in [-0.39, 0.29) is 5.91 Å². The third kappa shape index (κ3) is 3.40. The number of aromatic nitrogens is 1. The molecule has 0 bridgehead atoms. The van der Waals surface area contributed by atoms with Gasteiger partial charge in [-0.25, -0.2) is 4.98 Å². The molecule has 3 rings (SSSR count). The molecule has 3 heterocycles. The van der Waals surface area contributed by atoms with Crippen LogP contribution in [-0.2, 0) is 11.3 Å². The Labute approximate surface area is 127 Å². The molecule has 0 aromatic carbocycles. The van der Waals surface area contributed by atoms with Crippen molar-refractivity contribution in [3.05, 3.63) is 46.3 Å². The molecule has 5 nitrogen and oxygen atoms in total. The topological polar surface area (TPSA) is 54.5 Å². The van der Waals surface area contributed by atoms with Gasteiger partial charge in [0.1, 0.15) is 5.82 Å². The van der Waals surface area contributed by atoms with E-state index in [1.54, 1.807) is 6.20 Å². The van der Waals surface area contributed by atoms with Gasteiger partial charge in [0, 0.05) is 31.4 Å². The molecule has 1 aliphatic rings. The largest absolute Gasteiger partial charge is 0.378 e. The molecular weight excluding hydrogens is 286 g/mol. The van der Waals surface area contributed by atoms with Crippen molar-refractivity contribution in [2.75, 3.05) is 31.2 Å². The lowest BCUT2D eigenvalue weighted by Crippen LogP contribution is -2.37. The van der Waals surface area contributed by atoms with E-state index in [0.29, 0.717) is 6.54 Å². The summed E-state index contributed by atoms with van der Waals surface area (Å²) in [5.74, 6) is 0.897. The Bertz CT molecular complexity index is 595. The minimum absolute atomic E-state index is 0.0400. The zero-order valence-electron chi connectivity index (χ0n) is 11.6. The van der Waals surface area contributed by atoms with Gasteiger partial charge in [0.2, 0.25) is 0 Å². The quantitative estimate of drug-likeness (QED) is 0.937. The van der Waals surface area contributed by atoms with Crippen LogP contribution in [0.4, 0.5) is 5.82 Å². The van der Waals surface area contributed by atoms with Gasteiger partial charge >= 0.3 is 0 Å². The molecule has 1 saturated heterocycles. The van der Waals surface area contributed by atoms with Gasteiger partial charge < -0.3 is 15.0 Å². The maximum absolute atomic E-state index is 12.0. The van der Waals surface area contributed by atoms with E-state index < -0.39 is 0 Å². The highest BCUT2D eigenvalue weighted by Crippen LogP contribution is 2.18. The zero-order chi connectivity index (χ0) is 14.5. The Morgan fingerprint density at radius 1 is 1.33 bits per heavy atom. The number of nitrogens with zero attached hydrogens (tertiary/aromatic N) is 2. The molecule has 0 aliphatic carbocycles. The van der Waals surface area contributed by atoms with Crippen LogP contribution in [0.3, 0.4) is 0 Å². The Morgan fingerprint density at radius 3 is 2.95 bits per heavy atom. The predicted molar refractivity (Wildman–Crippen MR) is 82.8 cm³/mol. The molecule has 21 heavy (non-hydrogen) atoms. The molecule has 1 amide bonds. The summed E-state index contributed by atoms with van der Waals surface area (Å²) in [4.78, 5) is 19.4. The molecule has 0 radical (unpaired) electrons. The highest BCUT2D eigenvalue weighted by molar-refractivity contribution is 7.12. The van der Waals surface area contributed by atoms with Gasteiger partial charge in [-0.2, -0.15) is 0 Å². The fourth-order valence-corrected chi connectivity index (χ4v) is 2.94. The molecule has 2 aromatic rings. The standard InChI is InChI=1S/C15H17N3O2S/c19-15(13-4-2-10-21-13)17-11-12-3-1-5-16-14(12)18-6-8-20-9-7-18/h1-5,10H,6-9,11H2,(H,17,19). The maximum Gasteiger partial charge on any atom is 0.261 e. The number of thiophene rings is 1. The molecule has 110 valence electrons. The normalized spacial score (nSPS) is 15.0. The number of morpholine rings is 1. The van der Waals surface area contributed by atoms with Gasteiger partial charge in [-0.05, 0) is 17.5 Å². The van der Waals surface area contributed by atoms with Gasteiger partial charge in [0.05, 0.1) is 18.1 Å². The molecule has 0 saturated carbocycles. The molecular formula is C15H17N3O2S. The summed E-state index contributed by atoms with van der Waals surface area (Å²) in [7, 11) is 0. The molecule has 0 atom stereocenters. The maximum atomic E-state index is 12.0. The van der Waals surface area contributed by atoms with Crippen molar-refractivity contribution < 1.29 is 9.53 Å². The summed E-state index contributed by atoms with van der Waals surface area (Å²) in [6.07, 6.45) is 1.79. The summed E-state index contributed by atoms with van der Waals surface area (Å²) in [5, 5.41) is 4.86. The van der Waals surface area contributed by atoms with E-state index in [9.17, 15) is 4.79 Å². The monoisotopic (exact) mass is 303 g/mol. The Balaban J connectivity index is 1.69. The number of nitrogens with one attached hydrogen (secondary N) is 1. The fraction of sp³-hybridized carbons (Fsp3) is 0.333. The molecule has 2 aromatic heterocycles. The van der Waals surface area contributed by atoms with Crippen LogP contribution in [0.1, 0.15) is 15.2 Å². The van der Waals surface area contributed by atoms with Crippen molar-refractivity contribution in [3.8, 4) is 0 Å². The average molecular weight is 303 g/mol. The van der Waals surface area contributed by atoms with E-state index >= 15 is 0 Å². The van der Waals surface area contributed by atoms with Crippen LogP contribution in [0.25, 0.3) is 0 Å². The van der Waals surface area contributed by atoms with Crippen LogP contribution in [0.2, 0.25) is 0 Å². The van der Waals surface area contributed by atoms with E-state index in [1.807, 2.05) is 29.6 Å². The van der Waals surface area contributed by atoms with E-state index in [2.05, 4.69) is 15.2 Å². The van der Waals surface area contributed by atoms with E-state index in [1.165, 1.54) is 11.3 Å². The smallest absolute Gasteiger partial charge is 0.261 e. The molecule has 1 fully saturated rings. The summed E-state index contributed by atoms with van der Waals surface area (Å²) >= 11 is 1.44. The average Bonchev–Trinajstić information content (AvgIpc) is 3.08. The Kier molecular flexibility index (Phi) is 4.47. The van der Waals surface area contributed by atoms with Crippen molar-refractivity contribution in [1.29, 1.82) is 0 Å². The van der Waals surface area contributed by atoms with Gasteiger partial charge in [-0.15, -0.1) is 11.3 Å². The van der Waals surface area contributed by atoms with E-state index in [0.717, 1.165) is 42.6 Å². The van der Waals surface area contributed by atoms with Crippen LogP contribution in [-0.4, -0.2) is 37.2 Å². The number of ether oxygens (including phenoxy) is 1. The lowest BCUT2D eigenvalue weighted by atomic mass is 10.2. The number of carbonyl (C=O) groups is 1. The summed E-state index contributed by atoms with van der Waals surface area (Å²) in [6.45, 7) is 3.60. The molecule has 1 N–H and O–H groups in total. The lowest BCUT2D eigenvalue weighted by molar-refractivity contribution is 0.0954. The molecule has 6 heteroatoms. The van der Waals surface area contributed by atoms with Gasteiger partial charge in [-0.1, -0.05) is 12.1 Å². The van der Waals surface area contributed by atoms with Crippen LogP contribution < -0.4 is 10.2 Å².